The fourth-order valence-electron chi connectivity index (χ4n) is 3.04. The van der Waals surface area contributed by atoms with E-state index in [1.54, 1.807) is 6.20 Å². The van der Waals surface area contributed by atoms with E-state index in [9.17, 15) is 4.79 Å². The predicted molar refractivity (Wildman–Crippen MR) is 98.7 cm³/mol. The third-order valence-electron chi connectivity index (χ3n) is 4.36. The second-order valence-electron chi connectivity index (χ2n) is 5.96. The summed E-state index contributed by atoms with van der Waals surface area (Å²) in [6.45, 7) is 3.52. The molecule has 1 aromatic carbocycles. The standard InChI is InChI=1S/C17H21N3O2.2ClH/c1-12-6-7-20(15(8-12)9-18)17(21)14-4-2-13(3-5-14)16-10-19-11-22-16;;/h2-5,10-12,15H,6-9,18H2,1H3;2*1H. The van der Waals surface area contributed by atoms with Crippen LogP contribution in [0.15, 0.2) is 41.3 Å². The van der Waals surface area contributed by atoms with Crippen LogP contribution in [-0.2, 0) is 0 Å². The minimum atomic E-state index is 0. The molecule has 2 atom stereocenters. The number of likely N-dealkylation sites (tertiary alicyclic amines) is 1. The molecule has 1 aromatic heterocycles. The maximum absolute atomic E-state index is 12.7. The molecule has 24 heavy (non-hydrogen) atoms. The third-order valence-corrected chi connectivity index (χ3v) is 4.36. The van der Waals surface area contributed by atoms with Crippen LogP contribution in [0.5, 0.6) is 0 Å². The second kappa shape index (κ2) is 9.06. The average Bonchev–Trinajstić information content (AvgIpc) is 3.08. The van der Waals surface area contributed by atoms with Crippen molar-refractivity contribution in [3.05, 3.63) is 42.4 Å². The van der Waals surface area contributed by atoms with E-state index in [1.165, 1.54) is 6.39 Å². The van der Waals surface area contributed by atoms with Crippen LogP contribution in [0.25, 0.3) is 11.3 Å². The Bertz CT molecular complexity index is 632. The molecule has 5 nitrogen and oxygen atoms in total. The highest BCUT2D eigenvalue weighted by Crippen LogP contribution is 2.25. The summed E-state index contributed by atoms with van der Waals surface area (Å²) in [4.78, 5) is 18.5. The van der Waals surface area contributed by atoms with Crippen LogP contribution in [0, 0.1) is 5.92 Å². The van der Waals surface area contributed by atoms with Crippen molar-refractivity contribution in [2.24, 2.45) is 11.7 Å². The summed E-state index contributed by atoms with van der Waals surface area (Å²) in [6, 6.07) is 7.60. The first-order valence-electron chi connectivity index (χ1n) is 7.69. The first-order valence-corrected chi connectivity index (χ1v) is 7.69. The molecule has 2 aromatic rings. The lowest BCUT2D eigenvalue weighted by Gasteiger charge is -2.38. The summed E-state index contributed by atoms with van der Waals surface area (Å²) in [6.07, 6.45) is 5.08. The van der Waals surface area contributed by atoms with Gasteiger partial charge in [0.1, 0.15) is 0 Å². The van der Waals surface area contributed by atoms with Crippen molar-refractivity contribution < 1.29 is 9.21 Å². The quantitative estimate of drug-likeness (QED) is 0.897. The number of halogens is 2. The zero-order chi connectivity index (χ0) is 15.5. The molecule has 0 spiro atoms. The maximum atomic E-state index is 12.7. The minimum Gasteiger partial charge on any atom is -0.444 e. The molecule has 0 radical (unpaired) electrons. The number of oxazole rings is 1. The average molecular weight is 372 g/mol. The maximum Gasteiger partial charge on any atom is 0.254 e. The molecule has 1 fully saturated rings. The van der Waals surface area contributed by atoms with Gasteiger partial charge < -0.3 is 15.1 Å². The molecular formula is C17H23Cl2N3O2. The minimum absolute atomic E-state index is 0. The normalized spacial score (nSPS) is 20.0. The molecule has 1 saturated heterocycles. The summed E-state index contributed by atoms with van der Waals surface area (Å²) in [5.41, 5.74) is 7.45. The van der Waals surface area contributed by atoms with Gasteiger partial charge in [0.25, 0.3) is 5.91 Å². The Morgan fingerprint density at radius 1 is 1.33 bits per heavy atom. The number of carbonyl (C=O) groups is 1. The van der Waals surface area contributed by atoms with Gasteiger partial charge >= 0.3 is 0 Å². The van der Waals surface area contributed by atoms with E-state index in [0.29, 0.717) is 23.8 Å². The van der Waals surface area contributed by atoms with Crippen molar-refractivity contribution in [3.8, 4) is 11.3 Å². The highest BCUT2D eigenvalue weighted by atomic mass is 35.5. The number of piperidine rings is 1. The van der Waals surface area contributed by atoms with Crippen LogP contribution in [0.1, 0.15) is 30.1 Å². The van der Waals surface area contributed by atoms with Gasteiger partial charge in [0, 0.05) is 30.3 Å². The Labute approximate surface area is 154 Å². The summed E-state index contributed by atoms with van der Waals surface area (Å²) >= 11 is 0. The molecule has 2 heterocycles. The molecule has 1 aliphatic rings. The van der Waals surface area contributed by atoms with Gasteiger partial charge in [-0.3, -0.25) is 4.79 Å². The number of rotatable bonds is 3. The van der Waals surface area contributed by atoms with E-state index >= 15 is 0 Å². The van der Waals surface area contributed by atoms with Crippen LogP contribution in [0.2, 0.25) is 0 Å². The van der Waals surface area contributed by atoms with Crippen molar-refractivity contribution >= 4 is 30.7 Å². The Hall–Kier alpha value is -1.56. The lowest BCUT2D eigenvalue weighted by molar-refractivity contribution is 0.0573. The summed E-state index contributed by atoms with van der Waals surface area (Å²) < 4.78 is 5.26. The fraction of sp³-hybridized carbons (Fsp3) is 0.412. The highest BCUT2D eigenvalue weighted by Gasteiger charge is 2.29. The van der Waals surface area contributed by atoms with Gasteiger partial charge in [0.2, 0.25) is 0 Å². The van der Waals surface area contributed by atoms with Crippen LogP contribution >= 0.6 is 24.8 Å². The van der Waals surface area contributed by atoms with Gasteiger partial charge in [-0.05, 0) is 30.9 Å². The zero-order valence-corrected chi connectivity index (χ0v) is 15.2. The van der Waals surface area contributed by atoms with Crippen molar-refractivity contribution in [2.45, 2.75) is 25.8 Å². The third kappa shape index (κ3) is 4.29. The Morgan fingerprint density at radius 3 is 2.62 bits per heavy atom. The fourth-order valence-corrected chi connectivity index (χ4v) is 3.04. The van der Waals surface area contributed by atoms with E-state index in [-0.39, 0.29) is 36.8 Å². The number of aromatic nitrogens is 1. The van der Waals surface area contributed by atoms with Gasteiger partial charge in [-0.15, -0.1) is 24.8 Å². The number of amides is 1. The number of nitrogens with zero attached hydrogens (tertiary/aromatic N) is 2. The van der Waals surface area contributed by atoms with Gasteiger partial charge in [0.15, 0.2) is 12.2 Å². The van der Waals surface area contributed by atoms with E-state index in [1.807, 2.05) is 29.2 Å². The van der Waals surface area contributed by atoms with Crippen molar-refractivity contribution in [1.29, 1.82) is 0 Å². The van der Waals surface area contributed by atoms with Gasteiger partial charge in [-0.2, -0.15) is 0 Å². The highest BCUT2D eigenvalue weighted by molar-refractivity contribution is 5.95. The largest absolute Gasteiger partial charge is 0.444 e. The smallest absolute Gasteiger partial charge is 0.254 e. The number of hydrogen-bond donors (Lipinski definition) is 1. The van der Waals surface area contributed by atoms with E-state index < -0.39 is 0 Å². The molecule has 1 amide bonds. The Kier molecular flexibility index (Phi) is 7.73. The molecule has 0 bridgehead atoms. The molecule has 0 aliphatic carbocycles. The van der Waals surface area contributed by atoms with E-state index in [2.05, 4.69) is 11.9 Å². The summed E-state index contributed by atoms with van der Waals surface area (Å²) in [5, 5.41) is 0. The van der Waals surface area contributed by atoms with Crippen LogP contribution < -0.4 is 5.73 Å². The summed E-state index contributed by atoms with van der Waals surface area (Å²) in [7, 11) is 0. The molecule has 1 aliphatic heterocycles. The molecular weight excluding hydrogens is 349 g/mol. The molecule has 3 rings (SSSR count). The lowest BCUT2D eigenvalue weighted by atomic mass is 9.92. The molecule has 7 heteroatoms. The lowest BCUT2D eigenvalue weighted by Crippen LogP contribution is -2.49. The van der Waals surface area contributed by atoms with Crippen LogP contribution in [0.3, 0.4) is 0 Å². The first kappa shape index (κ1) is 20.5. The zero-order valence-electron chi connectivity index (χ0n) is 13.6. The van der Waals surface area contributed by atoms with Crippen LogP contribution in [0.4, 0.5) is 0 Å². The number of nitrogens with two attached hydrogens (primary N) is 1. The predicted octanol–water partition coefficient (Wildman–Crippen LogP) is 3.38. The van der Waals surface area contributed by atoms with Crippen molar-refractivity contribution in [2.75, 3.05) is 13.1 Å². The molecule has 2 unspecified atom stereocenters. The van der Waals surface area contributed by atoms with E-state index in [4.69, 9.17) is 10.2 Å². The molecule has 132 valence electrons. The Balaban J connectivity index is 0.00000144. The molecule has 2 N–H and O–H groups in total. The first-order chi connectivity index (χ1) is 10.7. The Morgan fingerprint density at radius 2 is 2.04 bits per heavy atom. The number of carbonyl (C=O) groups excluding carboxylic acids is 1. The van der Waals surface area contributed by atoms with Gasteiger partial charge in [0.05, 0.1) is 6.20 Å². The number of hydrogen-bond acceptors (Lipinski definition) is 4. The topological polar surface area (TPSA) is 72.4 Å². The second-order valence-corrected chi connectivity index (χ2v) is 5.96. The van der Waals surface area contributed by atoms with Crippen molar-refractivity contribution in [3.63, 3.8) is 0 Å². The monoisotopic (exact) mass is 371 g/mol. The SMILES string of the molecule is CC1CCN(C(=O)c2ccc(-c3cnco3)cc2)C(CN)C1.Cl.Cl. The van der Waals surface area contributed by atoms with E-state index in [0.717, 1.165) is 24.9 Å². The summed E-state index contributed by atoms with van der Waals surface area (Å²) in [5.74, 6) is 1.39. The molecule has 0 saturated carbocycles. The van der Waals surface area contributed by atoms with Gasteiger partial charge in [-0.25, -0.2) is 4.98 Å². The van der Waals surface area contributed by atoms with Crippen molar-refractivity contribution in [1.82, 2.24) is 9.88 Å². The van der Waals surface area contributed by atoms with Gasteiger partial charge in [-0.1, -0.05) is 19.1 Å². The van der Waals surface area contributed by atoms with Crippen LogP contribution in [-0.4, -0.2) is 34.9 Å². The number of benzene rings is 1.